The summed E-state index contributed by atoms with van der Waals surface area (Å²) in [6, 6.07) is 11.4. The largest absolute Gasteiger partial charge is 0.491 e. The van der Waals surface area contributed by atoms with E-state index in [0.717, 1.165) is 0 Å². The highest BCUT2D eigenvalue weighted by molar-refractivity contribution is 5.48. The fourth-order valence-corrected chi connectivity index (χ4v) is 1.72. The second-order valence-electron chi connectivity index (χ2n) is 4.60. The normalized spacial score (nSPS) is 11.7. The van der Waals surface area contributed by atoms with Crippen LogP contribution in [0.1, 0.15) is 0 Å². The van der Waals surface area contributed by atoms with Crippen molar-refractivity contribution < 1.29 is 19.2 Å². The van der Waals surface area contributed by atoms with Gasteiger partial charge in [-0.2, -0.15) is 0 Å². The minimum absolute atomic E-state index is 0.00532. The maximum atomic E-state index is 12.7. The van der Waals surface area contributed by atoms with Crippen molar-refractivity contribution in [2.24, 2.45) is 0 Å². The second-order valence-corrected chi connectivity index (χ2v) is 4.60. The van der Waals surface area contributed by atoms with Gasteiger partial charge in [0, 0.05) is 24.4 Å². The van der Waals surface area contributed by atoms with E-state index in [1.165, 1.54) is 36.4 Å². The molecule has 22 heavy (non-hydrogen) atoms. The summed E-state index contributed by atoms with van der Waals surface area (Å²) in [6.07, 6.45) is -0.778. The van der Waals surface area contributed by atoms with Crippen LogP contribution in [0.5, 0.6) is 5.75 Å². The first-order chi connectivity index (χ1) is 10.5. The lowest BCUT2D eigenvalue weighted by Gasteiger charge is -2.14. The SMILES string of the molecule is O=[N+]([O-])c1ccc(NCC(O)COc2ccc(F)cc2)cc1. The van der Waals surface area contributed by atoms with E-state index >= 15 is 0 Å². The monoisotopic (exact) mass is 306 g/mol. The Balaban J connectivity index is 1.76. The molecule has 2 N–H and O–H groups in total. The van der Waals surface area contributed by atoms with Crippen molar-refractivity contribution in [3.63, 3.8) is 0 Å². The van der Waals surface area contributed by atoms with Crippen LogP contribution in [0.25, 0.3) is 0 Å². The van der Waals surface area contributed by atoms with Gasteiger partial charge in [-0.3, -0.25) is 10.1 Å². The van der Waals surface area contributed by atoms with E-state index in [2.05, 4.69) is 5.32 Å². The Hall–Kier alpha value is -2.67. The van der Waals surface area contributed by atoms with Crippen LogP contribution in [0.2, 0.25) is 0 Å². The van der Waals surface area contributed by atoms with Gasteiger partial charge in [-0.25, -0.2) is 4.39 Å². The molecular weight excluding hydrogens is 291 g/mol. The zero-order valence-electron chi connectivity index (χ0n) is 11.6. The van der Waals surface area contributed by atoms with E-state index in [1.54, 1.807) is 12.1 Å². The van der Waals surface area contributed by atoms with Crippen LogP contribution in [0.15, 0.2) is 48.5 Å². The number of non-ortho nitro benzene ring substituents is 1. The molecule has 0 aromatic heterocycles. The number of halogens is 1. The Labute approximate surface area is 126 Å². The number of nitrogens with zero attached hydrogens (tertiary/aromatic N) is 1. The Bertz CT molecular complexity index is 616. The van der Waals surface area contributed by atoms with Gasteiger partial charge in [0.15, 0.2) is 0 Å². The number of anilines is 1. The summed E-state index contributed by atoms with van der Waals surface area (Å²) >= 11 is 0. The molecule has 0 saturated carbocycles. The zero-order chi connectivity index (χ0) is 15.9. The van der Waals surface area contributed by atoms with Crippen LogP contribution in [0.3, 0.4) is 0 Å². The van der Waals surface area contributed by atoms with E-state index < -0.39 is 11.0 Å². The lowest BCUT2D eigenvalue weighted by Crippen LogP contribution is -2.26. The van der Waals surface area contributed by atoms with Crippen LogP contribution in [0.4, 0.5) is 15.8 Å². The highest BCUT2D eigenvalue weighted by atomic mass is 19.1. The molecule has 0 heterocycles. The average Bonchev–Trinajstić information content (AvgIpc) is 2.52. The van der Waals surface area contributed by atoms with Gasteiger partial charge in [0.25, 0.3) is 5.69 Å². The van der Waals surface area contributed by atoms with E-state index in [9.17, 15) is 19.6 Å². The number of nitro benzene ring substituents is 1. The predicted octanol–water partition coefficient (Wildman–Crippen LogP) is 2.59. The molecule has 116 valence electrons. The Morgan fingerprint density at radius 3 is 2.41 bits per heavy atom. The first kappa shape index (κ1) is 15.7. The number of ether oxygens (including phenoxy) is 1. The minimum atomic E-state index is -0.778. The number of hydrogen-bond donors (Lipinski definition) is 2. The molecule has 2 aromatic rings. The third kappa shape index (κ3) is 4.71. The van der Waals surface area contributed by atoms with E-state index in [1.807, 2.05) is 0 Å². The lowest BCUT2D eigenvalue weighted by molar-refractivity contribution is -0.384. The fourth-order valence-electron chi connectivity index (χ4n) is 1.72. The van der Waals surface area contributed by atoms with Gasteiger partial charge in [0.2, 0.25) is 0 Å². The summed E-state index contributed by atoms with van der Waals surface area (Å²) in [4.78, 5) is 10.0. The third-order valence-corrected chi connectivity index (χ3v) is 2.88. The maximum absolute atomic E-state index is 12.7. The van der Waals surface area contributed by atoms with Gasteiger partial charge in [0.1, 0.15) is 24.3 Å². The van der Waals surface area contributed by atoms with E-state index in [4.69, 9.17) is 4.74 Å². The highest BCUT2D eigenvalue weighted by Crippen LogP contribution is 2.15. The first-order valence-electron chi connectivity index (χ1n) is 6.59. The molecule has 2 aromatic carbocycles. The van der Waals surface area contributed by atoms with Gasteiger partial charge in [0.05, 0.1) is 4.92 Å². The summed E-state index contributed by atoms with van der Waals surface area (Å²) in [7, 11) is 0. The molecule has 0 spiro atoms. The number of benzene rings is 2. The molecule has 0 radical (unpaired) electrons. The molecule has 0 aliphatic rings. The molecule has 2 rings (SSSR count). The molecule has 0 aliphatic heterocycles. The number of hydrogen-bond acceptors (Lipinski definition) is 5. The average molecular weight is 306 g/mol. The quantitative estimate of drug-likeness (QED) is 0.606. The molecule has 1 atom stereocenters. The summed E-state index contributed by atoms with van der Waals surface area (Å²) in [6.45, 7) is 0.268. The van der Waals surface area contributed by atoms with Crippen molar-refractivity contribution in [2.75, 3.05) is 18.5 Å². The number of rotatable bonds is 7. The molecule has 1 unspecified atom stereocenters. The zero-order valence-corrected chi connectivity index (χ0v) is 11.6. The van der Waals surface area contributed by atoms with Crippen molar-refractivity contribution in [1.82, 2.24) is 0 Å². The van der Waals surface area contributed by atoms with Crippen molar-refractivity contribution in [3.8, 4) is 5.75 Å². The molecule has 0 saturated heterocycles. The Morgan fingerprint density at radius 1 is 1.18 bits per heavy atom. The Kier molecular flexibility index (Phi) is 5.26. The van der Waals surface area contributed by atoms with Gasteiger partial charge < -0.3 is 15.2 Å². The van der Waals surface area contributed by atoms with Crippen molar-refractivity contribution in [2.45, 2.75) is 6.10 Å². The van der Waals surface area contributed by atoms with E-state index in [-0.39, 0.29) is 24.7 Å². The highest BCUT2D eigenvalue weighted by Gasteiger charge is 2.07. The van der Waals surface area contributed by atoms with Crippen LogP contribution < -0.4 is 10.1 Å². The summed E-state index contributed by atoms with van der Waals surface area (Å²) in [5, 5.41) is 23.3. The third-order valence-electron chi connectivity index (χ3n) is 2.88. The molecule has 6 nitrogen and oxygen atoms in total. The molecule has 0 fully saturated rings. The van der Waals surface area contributed by atoms with E-state index in [0.29, 0.717) is 11.4 Å². The number of aliphatic hydroxyl groups is 1. The topological polar surface area (TPSA) is 84.6 Å². The molecule has 0 aliphatic carbocycles. The van der Waals surface area contributed by atoms with Crippen molar-refractivity contribution in [3.05, 3.63) is 64.5 Å². The van der Waals surface area contributed by atoms with Gasteiger partial charge in [-0.05, 0) is 36.4 Å². The van der Waals surface area contributed by atoms with Crippen LogP contribution in [-0.2, 0) is 0 Å². The smallest absolute Gasteiger partial charge is 0.269 e. The van der Waals surface area contributed by atoms with Gasteiger partial charge in [-0.1, -0.05) is 0 Å². The predicted molar refractivity (Wildman–Crippen MR) is 79.5 cm³/mol. The summed E-state index contributed by atoms with van der Waals surface area (Å²) in [5.74, 6) is 0.114. The number of nitrogens with one attached hydrogen (secondary N) is 1. The van der Waals surface area contributed by atoms with Gasteiger partial charge in [-0.15, -0.1) is 0 Å². The summed E-state index contributed by atoms with van der Waals surface area (Å²) < 4.78 is 18.0. The standard InChI is InChI=1S/C15H15FN2O4/c16-11-1-7-15(8-2-11)22-10-14(19)9-17-12-3-5-13(6-4-12)18(20)21/h1-8,14,17,19H,9-10H2. The molecule has 0 bridgehead atoms. The minimum Gasteiger partial charge on any atom is -0.491 e. The van der Waals surface area contributed by atoms with Crippen LogP contribution in [0, 0.1) is 15.9 Å². The maximum Gasteiger partial charge on any atom is 0.269 e. The molecule has 0 amide bonds. The van der Waals surface area contributed by atoms with Crippen molar-refractivity contribution in [1.29, 1.82) is 0 Å². The van der Waals surface area contributed by atoms with Crippen molar-refractivity contribution >= 4 is 11.4 Å². The number of aliphatic hydroxyl groups excluding tert-OH is 1. The second kappa shape index (κ2) is 7.37. The lowest BCUT2D eigenvalue weighted by atomic mass is 10.2. The molecule has 7 heteroatoms. The Morgan fingerprint density at radius 2 is 1.82 bits per heavy atom. The van der Waals surface area contributed by atoms with Gasteiger partial charge >= 0.3 is 0 Å². The van der Waals surface area contributed by atoms with Crippen LogP contribution >= 0.6 is 0 Å². The number of nitro groups is 1. The fraction of sp³-hybridized carbons (Fsp3) is 0.200. The first-order valence-corrected chi connectivity index (χ1v) is 6.59. The summed E-state index contributed by atoms with van der Waals surface area (Å²) in [5.41, 5.74) is 0.664. The van der Waals surface area contributed by atoms with Crippen LogP contribution in [-0.4, -0.2) is 29.3 Å². The molecular formula is C15H15FN2O4.